The molecule has 3 heterocycles. The van der Waals surface area contributed by atoms with Gasteiger partial charge in [-0.3, -0.25) is 14.6 Å². The third-order valence-corrected chi connectivity index (χ3v) is 7.06. The normalized spacial score (nSPS) is 18.2. The van der Waals surface area contributed by atoms with Crippen molar-refractivity contribution in [3.05, 3.63) is 60.0 Å². The van der Waals surface area contributed by atoms with Gasteiger partial charge in [-0.05, 0) is 43.7 Å². The van der Waals surface area contributed by atoms with Gasteiger partial charge in [-0.15, -0.1) is 0 Å². The number of benzene rings is 2. The summed E-state index contributed by atoms with van der Waals surface area (Å²) in [7, 11) is 0. The summed E-state index contributed by atoms with van der Waals surface area (Å²) in [4.78, 5) is 24.3. The molecule has 0 saturated carbocycles. The van der Waals surface area contributed by atoms with E-state index in [9.17, 15) is 4.79 Å². The molecule has 190 valence electrons. The topological polar surface area (TPSA) is 87.0 Å². The minimum Gasteiger partial charge on any atom is -0.378 e. The van der Waals surface area contributed by atoms with E-state index < -0.39 is 0 Å². The van der Waals surface area contributed by atoms with E-state index in [-0.39, 0.29) is 11.9 Å². The van der Waals surface area contributed by atoms with Gasteiger partial charge in [0.1, 0.15) is 0 Å². The molecular formula is C27H34N6O3. The van der Waals surface area contributed by atoms with Gasteiger partial charge in [-0.25, -0.2) is 0 Å². The summed E-state index contributed by atoms with van der Waals surface area (Å²) in [5.41, 5.74) is 4.10. The first-order chi connectivity index (χ1) is 17.6. The lowest BCUT2D eigenvalue weighted by atomic mass is 10.1. The van der Waals surface area contributed by atoms with Crippen molar-refractivity contribution in [3.8, 4) is 11.4 Å². The lowest BCUT2D eigenvalue weighted by Crippen LogP contribution is -2.52. The summed E-state index contributed by atoms with van der Waals surface area (Å²) in [5.74, 6) is 1.26. The maximum Gasteiger partial charge on any atom is 0.241 e. The van der Waals surface area contributed by atoms with Gasteiger partial charge in [-0.2, -0.15) is 4.98 Å². The van der Waals surface area contributed by atoms with Crippen LogP contribution < -0.4 is 10.2 Å². The van der Waals surface area contributed by atoms with Crippen molar-refractivity contribution in [2.24, 2.45) is 0 Å². The van der Waals surface area contributed by atoms with E-state index in [2.05, 4.69) is 42.3 Å². The maximum absolute atomic E-state index is 12.9. The monoisotopic (exact) mass is 490 g/mol. The molecule has 9 heteroatoms. The SMILES string of the molecule is Cc1ccccc1-c1noc(CN2CCN(C(C)C(=O)Nc3ccc(N4CCOCC4)cc3)CC2)n1. The average Bonchev–Trinajstić information content (AvgIpc) is 3.38. The molecule has 2 aromatic carbocycles. The Kier molecular flexibility index (Phi) is 7.60. The molecule has 0 aliphatic carbocycles. The lowest BCUT2D eigenvalue weighted by molar-refractivity contribution is -0.121. The number of ether oxygens (including phenoxy) is 1. The van der Waals surface area contributed by atoms with E-state index in [1.165, 1.54) is 0 Å². The summed E-state index contributed by atoms with van der Waals surface area (Å²) < 4.78 is 10.9. The fourth-order valence-corrected chi connectivity index (χ4v) is 4.74. The van der Waals surface area contributed by atoms with E-state index >= 15 is 0 Å². The molecule has 2 aliphatic heterocycles. The molecule has 1 aromatic heterocycles. The van der Waals surface area contributed by atoms with Gasteiger partial charge < -0.3 is 19.5 Å². The van der Waals surface area contributed by atoms with Crippen LogP contribution in [0.2, 0.25) is 0 Å². The highest BCUT2D eigenvalue weighted by molar-refractivity contribution is 5.94. The first kappa shape index (κ1) is 24.4. The van der Waals surface area contributed by atoms with Gasteiger partial charge in [0, 0.05) is 56.2 Å². The third-order valence-electron chi connectivity index (χ3n) is 7.06. The Bertz CT molecular complexity index is 1150. The number of amides is 1. The van der Waals surface area contributed by atoms with Gasteiger partial charge in [0.25, 0.3) is 0 Å². The van der Waals surface area contributed by atoms with Crippen LogP contribution in [0.5, 0.6) is 0 Å². The molecule has 5 rings (SSSR count). The van der Waals surface area contributed by atoms with E-state index in [1.807, 2.05) is 50.2 Å². The predicted octanol–water partition coefficient (Wildman–Crippen LogP) is 3.03. The van der Waals surface area contributed by atoms with Crippen molar-refractivity contribution in [2.75, 3.05) is 62.7 Å². The first-order valence-electron chi connectivity index (χ1n) is 12.7. The van der Waals surface area contributed by atoms with Crippen LogP contribution in [-0.2, 0) is 16.1 Å². The summed E-state index contributed by atoms with van der Waals surface area (Å²) in [6, 6.07) is 15.9. The van der Waals surface area contributed by atoms with Crippen molar-refractivity contribution in [3.63, 3.8) is 0 Å². The van der Waals surface area contributed by atoms with Gasteiger partial charge >= 0.3 is 0 Å². The smallest absolute Gasteiger partial charge is 0.241 e. The van der Waals surface area contributed by atoms with Crippen LogP contribution >= 0.6 is 0 Å². The van der Waals surface area contributed by atoms with Gasteiger partial charge in [0.05, 0.1) is 25.8 Å². The zero-order chi connectivity index (χ0) is 24.9. The number of piperazine rings is 1. The number of hydrogen-bond acceptors (Lipinski definition) is 8. The summed E-state index contributed by atoms with van der Waals surface area (Å²) in [5, 5.41) is 7.24. The van der Waals surface area contributed by atoms with Gasteiger partial charge in [0.2, 0.25) is 17.6 Å². The zero-order valence-electron chi connectivity index (χ0n) is 21.0. The summed E-state index contributed by atoms with van der Waals surface area (Å²) >= 11 is 0. The quantitative estimate of drug-likeness (QED) is 0.541. The number of anilines is 2. The molecule has 0 spiro atoms. The van der Waals surface area contributed by atoms with Crippen molar-refractivity contribution >= 4 is 17.3 Å². The maximum atomic E-state index is 12.9. The molecule has 2 aliphatic rings. The first-order valence-corrected chi connectivity index (χ1v) is 12.7. The van der Waals surface area contributed by atoms with Crippen LogP contribution in [0.1, 0.15) is 18.4 Å². The Morgan fingerprint density at radius 1 is 1.00 bits per heavy atom. The third kappa shape index (κ3) is 5.75. The fraction of sp³-hybridized carbons (Fsp3) is 0.444. The molecule has 3 aromatic rings. The number of aryl methyl sites for hydroxylation is 1. The van der Waals surface area contributed by atoms with Crippen molar-refractivity contribution in [1.82, 2.24) is 19.9 Å². The molecule has 1 amide bonds. The van der Waals surface area contributed by atoms with Crippen LogP contribution in [-0.4, -0.2) is 84.4 Å². The average molecular weight is 491 g/mol. The number of hydrogen-bond donors (Lipinski definition) is 1. The van der Waals surface area contributed by atoms with E-state index in [4.69, 9.17) is 9.26 Å². The number of morpholine rings is 1. The Hall–Kier alpha value is -3.27. The number of rotatable bonds is 7. The van der Waals surface area contributed by atoms with E-state index in [0.29, 0.717) is 18.3 Å². The second-order valence-electron chi connectivity index (χ2n) is 9.45. The van der Waals surface area contributed by atoms with Crippen molar-refractivity contribution in [2.45, 2.75) is 26.4 Å². The van der Waals surface area contributed by atoms with Crippen LogP contribution in [0, 0.1) is 6.92 Å². The molecule has 0 bridgehead atoms. The van der Waals surface area contributed by atoms with Crippen molar-refractivity contribution in [1.29, 1.82) is 0 Å². The van der Waals surface area contributed by atoms with Crippen LogP contribution in [0.4, 0.5) is 11.4 Å². The Balaban J connectivity index is 1.09. The molecule has 0 radical (unpaired) electrons. The fourth-order valence-electron chi connectivity index (χ4n) is 4.74. The molecule has 1 unspecified atom stereocenters. The number of aromatic nitrogens is 2. The van der Waals surface area contributed by atoms with E-state index in [0.717, 1.165) is 75.0 Å². The van der Waals surface area contributed by atoms with Crippen LogP contribution in [0.15, 0.2) is 53.1 Å². The lowest BCUT2D eigenvalue weighted by Gasteiger charge is -2.36. The molecule has 2 fully saturated rings. The zero-order valence-corrected chi connectivity index (χ0v) is 21.0. The highest BCUT2D eigenvalue weighted by Gasteiger charge is 2.26. The van der Waals surface area contributed by atoms with E-state index in [1.54, 1.807) is 0 Å². The largest absolute Gasteiger partial charge is 0.378 e. The van der Waals surface area contributed by atoms with Crippen LogP contribution in [0.3, 0.4) is 0 Å². The molecular weight excluding hydrogens is 456 g/mol. The minimum atomic E-state index is -0.206. The molecule has 36 heavy (non-hydrogen) atoms. The Morgan fingerprint density at radius 2 is 1.72 bits per heavy atom. The van der Waals surface area contributed by atoms with Gasteiger partial charge in [0.15, 0.2) is 0 Å². The van der Waals surface area contributed by atoms with Gasteiger partial charge in [-0.1, -0.05) is 29.4 Å². The Labute approximate surface area is 212 Å². The van der Waals surface area contributed by atoms with Crippen molar-refractivity contribution < 1.29 is 14.1 Å². The summed E-state index contributed by atoms with van der Waals surface area (Å²) in [6.07, 6.45) is 0. The highest BCUT2D eigenvalue weighted by Crippen LogP contribution is 2.21. The highest BCUT2D eigenvalue weighted by atomic mass is 16.5. The Morgan fingerprint density at radius 3 is 2.44 bits per heavy atom. The second kappa shape index (κ2) is 11.2. The minimum absolute atomic E-state index is 0.0161. The second-order valence-corrected chi connectivity index (χ2v) is 9.45. The summed E-state index contributed by atoms with van der Waals surface area (Å²) in [6.45, 7) is 11.2. The number of carbonyl (C=O) groups excluding carboxylic acids is 1. The number of nitrogens with one attached hydrogen (secondary N) is 1. The number of carbonyl (C=O) groups is 1. The molecule has 2 saturated heterocycles. The standard InChI is InChI=1S/C27H34N6O3/c1-20-5-3-4-6-24(20)26-29-25(36-30-26)19-31-11-13-32(14-12-31)21(2)27(34)28-22-7-9-23(10-8-22)33-15-17-35-18-16-33/h3-10,21H,11-19H2,1-2H3,(H,28,34). The predicted molar refractivity (Wildman–Crippen MR) is 139 cm³/mol. The molecule has 9 nitrogen and oxygen atoms in total. The molecule has 1 atom stereocenters. The molecule has 1 N–H and O–H groups in total. The van der Waals surface area contributed by atoms with Crippen LogP contribution in [0.25, 0.3) is 11.4 Å². The number of nitrogens with zero attached hydrogens (tertiary/aromatic N) is 5.